The molecule has 3 aliphatic rings. The van der Waals surface area contributed by atoms with E-state index in [-0.39, 0.29) is 50.9 Å². The Kier molecular flexibility index (Phi) is 1.69. The molecule has 146 valence electrons. The van der Waals surface area contributed by atoms with Gasteiger partial charge < -0.3 is 24.3 Å². The number of likely N-dealkylation sites (N-methyl/N-ethyl adjacent to an activating group) is 1. The molecular formula is C22H19N3O4. The number of piperazine rings is 1. The summed E-state index contributed by atoms with van der Waals surface area (Å²) in [6.45, 7) is -7.11. The number of hydrogen-bond acceptors (Lipinski definition) is 4. The highest BCUT2D eigenvalue weighted by Crippen LogP contribution is 2.44. The molecule has 0 radical (unpaired) electrons. The minimum absolute atomic E-state index is 0.0391. The zero-order valence-corrected chi connectivity index (χ0v) is 14.6. The van der Waals surface area contributed by atoms with Crippen molar-refractivity contribution >= 4 is 22.7 Å². The number of benzene rings is 2. The highest BCUT2D eigenvalue weighted by Gasteiger charge is 2.47. The van der Waals surface area contributed by atoms with Gasteiger partial charge in [-0.1, -0.05) is 24.2 Å². The summed E-state index contributed by atoms with van der Waals surface area (Å²) in [4.78, 5) is 31.0. The zero-order valence-electron chi connectivity index (χ0n) is 26.6. The number of ether oxygens (including phenoxy) is 2. The molecule has 1 unspecified atom stereocenters. The molecule has 0 spiro atoms. The van der Waals surface area contributed by atoms with Crippen LogP contribution in [0.15, 0.2) is 42.3 Å². The summed E-state index contributed by atoms with van der Waals surface area (Å²) in [5.74, 6) is -3.19. The normalized spacial score (nSPS) is 30.9. The molecule has 0 aliphatic carbocycles. The van der Waals surface area contributed by atoms with E-state index in [1.54, 1.807) is 0 Å². The minimum atomic E-state index is -3.38. The smallest absolute Gasteiger partial charge is 0.245 e. The van der Waals surface area contributed by atoms with Gasteiger partial charge in [0.25, 0.3) is 0 Å². The molecule has 0 saturated carbocycles. The Balaban J connectivity index is 1.73. The van der Waals surface area contributed by atoms with E-state index < -0.39 is 86.1 Å². The highest BCUT2D eigenvalue weighted by molar-refractivity contribution is 5.97. The Morgan fingerprint density at radius 3 is 2.97 bits per heavy atom. The van der Waals surface area contributed by atoms with Crippen LogP contribution >= 0.6 is 0 Å². The van der Waals surface area contributed by atoms with Gasteiger partial charge in [0, 0.05) is 34.1 Å². The second-order valence-corrected chi connectivity index (χ2v) is 6.74. The van der Waals surface area contributed by atoms with E-state index in [0.29, 0.717) is 0 Å². The summed E-state index contributed by atoms with van der Waals surface area (Å²) in [6, 6.07) is -7.14. The first-order valence-corrected chi connectivity index (χ1v) is 8.68. The average molecular weight is 401 g/mol. The number of carbonyl (C=O) groups is 2. The third-order valence-corrected chi connectivity index (χ3v) is 5.25. The topological polar surface area (TPSA) is 74.9 Å². The molecule has 29 heavy (non-hydrogen) atoms. The molecule has 2 aromatic carbocycles. The van der Waals surface area contributed by atoms with Gasteiger partial charge in [-0.15, -0.1) is 0 Å². The Morgan fingerprint density at radius 2 is 2.07 bits per heavy atom. The first kappa shape index (κ1) is 8.49. The van der Waals surface area contributed by atoms with Gasteiger partial charge in [-0.05, 0) is 29.3 Å². The van der Waals surface area contributed by atoms with E-state index >= 15 is 0 Å². The predicted molar refractivity (Wildman–Crippen MR) is 105 cm³/mol. The van der Waals surface area contributed by atoms with Crippen LogP contribution in [-0.4, -0.2) is 52.9 Å². The summed E-state index contributed by atoms with van der Waals surface area (Å²) in [5, 5.41) is -0.0465. The lowest BCUT2D eigenvalue weighted by Crippen LogP contribution is -2.62. The largest absolute Gasteiger partial charge is 0.454 e. The number of amides is 2. The molecule has 7 heteroatoms. The van der Waals surface area contributed by atoms with Crippen LogP contribution in [0.3, 0.4) is 0 Å². The Morgan fingerprint density at radius 1 is 1.21 bits per heavy atom. The molecule has 0 bridgehead atoms. The molecule has 1 saturated heterocycles. The van der Waals surface area contributed by atoms with Gasteiger partial charge in [0.1, 0.15) is 6.04 Å². The standard InChI is InChI=1S/C22H19N3O4/c1-24-10-19(26)25-16(22(24)27)9-14-13-4-2-3-5-15(13)23-20(14)21(25)12-6-7-17-18(8-12)29-11-28-17/h2-8,16,21,23H,9-11H2,1H3/t16-,21?/m1/s1/i1D3,2D,3D,4D,5D,6D,7D,8D,10D2. The Labute approximate surface area is 183 Å². The van der Waals surface area contributed by atoms with Crippen LogP contribution in [0.25, 0.3) is 10.9 Å². The molecule has 3 aliphatic heterocycles. The molecular weight excluding hydrogens is 370 g/mol. The number of aromatic amines is 1. The maximum absolute atomic E-state index is 13.8. The monoisotopic (exact) mass is 401 g/mol. The number of fused-ring (bicyclic) bond motifs is 5. The fourth-order valence-electron chi connectivity index (χ4n) is 4.02. The van der Waals surface area contributed by atoms with Crippen molar-refractivity contribution in [3.8, 4) is 11.5 Å². The first-order chi connectivity index (χ1) is 19.0. The molecule has 7 nitrogen and oxygen atoms in total. The molecule has 6 rings (SSSR count). The lowest BCUT2D eigenvalue weighted by molar-refractivity contribution is -0.157. The number of nitrogens with one attached hydrogen (secondary N) is 1. The number of nitrogens with zero attached hydrogens (tertiary/aromatic N) is 2. The predicted octanol–water partition coefficient (Wildman–Crippen LogP) is 2.21. The van der Waals surface area contributed by atoms with Gasteiger partial charge in [0.2, 0.25) is 18.6 Å². The number of hydrogen-bond donors (Lipinski definition) is 1. The molecule has 1 N–H and O–H groups in total. The van der Waals surface area contributed by atoms with Crippen molar-refractivity contribution in [1.82, 2.24) is 14.8 Å². The SMILES string of the molecule is [2H]c1c([2H])c(C2c3[nH]c4c([2H])c([2H])c([2H])c([2H])c4c3C[C@@H]3C(=O)N(C([2H])([2H])[2H])C([2H])([2H])C(=O)N23)c([2H])c2c1OCO2. The van der Waals surface area contributed by atoms with E-state index in [2.05, 4.69) is 4.98 Å². The molecule has 4 heterocycles. The third-order valence-electron chi connectivity index (χ3n) is 5.25. The van der Waals surface area contributed by atoms with E-state index in [1.807, 2.05) is 0 Å². The van der Waals surface area contributed by atoms with E-state index in [4.69, 9.17) is 25.9 Å². The maximum atomic E-state index is 13.8. The van der Waals surface area contributed by atoms with E-state index in [9.17, 15) is 9.59 Å². The van der Waals surface area contributed by atoms with E-state index in [0.717, 1.165) is 4.90 Å². The summed E-state index contributed by atoms with van der Waals surface area (Å²) in [5.41, 5.74) is -0.421. The number of aromatic nitrogens is 1. The van der Waals surface area contributed by atoms with Crippen LogP contribution in [0.4, 0.5) is 0 Å². The summed E-state index contributed by atoms with van der Waals surface area (Å²) in [7, 11) is 0. The molecule has 2 atom stereocenters. The van der Waals surface area contributed by atoms with Crippen molar-refractivity contribution in [3.63, 3.8) is 0 Å². The van der Waals surface area contributed by atoms with Crippen LogP contribution in [0, 0.1) is 0 Å². The second kappa shape index (κ2) is 5.76. The summed E-state index contributed by atoms with van der Waals surface area (Å²) < 4.78 is 110. The maximum Gasteiger partial charge on any atom is 0.245 e. The highest BCUT2D eigenvalue weighted by atomic mass is 16.7. The summed E-state index contributed by atoms with van der Waals surface area (Å²) >= 11 is 0. The van der Waals surface area contributed by atoms with Crippen molar-refractivity contribution in [2.45, 2.75) is 18.5 Å². The lowest BCUT2D eigenvalue weighted by atomic mass is 9.86. The van der Waals surface area contributed by atoms with Gasteiger partial charge in [0.15, 0.2) is 11.5 Å². The van der Waals surface area contributed by atoms with Crippen LogP contribution in [0.5, 0.6) is 11.5 Å². The van der Waals surface area contributed by atoms with Crippen LogP contribution in [-0.2, 0) is 16.0 Å². The Bertz CT molecular complexity index is 1720. The molecule has 3 aromatic rings. The van der Waals surface area contributed by atoms with Gasteiger partial charge >= 0.3 is 0 Å². The zero-order chi connectivity index (χ0) is 30.1. The van der Waals surface area contributed by atoms with Crippen molar-refractivity contribution in [2.75, 3.05) is 20.3 Å². The molecule has 1 aromatic heterocycles. The number of carbonyl (C=O) groups excluding carboxylic acids is 2. The minimum Gasteiger partial charge on any atom is -0.454 e. The molecule has 1 fully saturated rings. The van der Waals surface area contributed by atoms with Crippen LogP contribution in [0.1, 0.15) is 39.3 Å². The number of para-hydroxylation sites is 1. The third kappa shape index (κ3) is 2.24. The van der Waals surface area contributed by atoms with Crippen molar-refractivity contribution < 1.29 is 35.5 Å². The fraction of sp³-hybridized carbons (Fsp3) is 0.273. The first-order valence-electron chi connectivity index (χ1n) is 14.7. The van der Waals surface area contributed by atoms with Crippen molar-refractivity contribution in [3.05, 3.63) is 59.1 Å². The fourth-order valence-corrected chi connectivity index (χ4v) is 4.02. The average Bonchev–Trinajstić information content (AvgIpc) is 3.53. The van der Waals surface area contributed by atoms with Crippen LogP contribution in [0.2, 0.25) is 0 Å². The van der Waals surface area contributed by atoms with E-state index in [1.165, 1.54) is 0 Å². The Hall–Kier alpha value is -3.48. The van der Waals surface area contributed by atoms with Gasteiger partial charge in [-0.25, -0.2) is 0 Å². The quantitative estimate of drug-likeness (QED) is 0.678. The van der Waals surface area contributed by atoms with Crippen molar-refractivity contribution in [2.24, 2.45) is 0 Å². The van der Waals surface area contributed by atoms with Gasteiger partial charge in [-0.2, -0.15) is 0 Å². The number of rotatable bonds is 1. The van der Waals surface area contributed by atoms with Crippen molar-refractivity contribution in [1.29, 1.82) is 0 Å². The van der Waals surface area contributed by atoms with Gasteiger partial charge in [0.05, 0.1) is 24.9 Å². The number of H-pyrrole nitrogens is 1. The summed E-state index contributed by atoms with van der Waals surface area (Å²) in [6.07, 6.45) is -0.458. The van der Waals surface area contributed by atoms with Gasteiger partial charge in [-0.3, -0.25) is 9.59 Å². The lowest BCUT2D eigenvalue weighted by Gasteiger charge is -2.46. The second-order valence-electron chi connectivity index (χ2n) is 6.74. The molecule has 2 amide bonds. The van der Waals surface area contributed by atoms with Crippen LogP contribution < -0.4 is 9.47 Å².